The lowest BCUT2D eigenvalue weighted by molar-refractivity contribution is 0.595. The smallest absolute Gasteiger partial charge is 0.261 e. The van der Waals surface area contributed by atoms with Crippen LogP contribution < -0.4 is 4.72 Å². The Balaban J connectivity index is 2.33. The Bertz CT molecular complexity index is 716. The van der Waals surface area contributed by atoms with Gasteiger partial charge < -0.3 is 0 Å². The molecule has 0 aliphatic carbocycles. The Morgan fingerprint density at radius 1 is 1.16 bits per heavy atom. The minimum Gasteiger partial charge on any atom is -0.280 e. The largest absolute Gasteiger partial charge is 0.280 e. The molecule has 0 unspecified atom stereocenters. The van der Waals surface area contributed by atoms with Crippen LogP contribution in [0.3, 0.4) is 0 Å². The molecule has 100 valence electrons. The molecular formula is C13H11FINO2S. The molecule has 0 saturated heterocycles. The summed E-state index contributed by atoms with van der Waals surface area (Å²) in [5.74, 6) is -0.582. The molecule has 0 fully saturated rings. The summed E-state index contributed by atoms with van der Waals surface area (Å²) in [4.78, 5) is -0.0944. The third-order valence-corrected chi connectivity index (χ3v) is 5.07. The van der Waals surface area contributed by atoms with Gasteiger partial charge in [0.15, 0.2) is 0 Å². The molecule has 0 amide bonds. The molecule has 2 rings (SSSR count). The van der Waals surface area contributed by atoms with Crippen molar-refractivity contribution in [3.8, 4) is 0 Å². The summed E-state index contributed by atoms with van der Waals surface area (Å²) in [7, 11) is -3.76. The average molecular weight is 391 g/mol. The maximum atomic E-state index is 13.1. The zero-order valence-electron chi connectivity index (χ0n) is 10.0. The maximum absolute atomic E-state index is 13.1. The lowest BCUT2D eigenvalue weighted by atomic mass is 10.2. The Labute approximate surface area is 125 Å². The summed E-state index contributed by atoms with van der Waals surface area (Å²) in [6, 6.07) is 10.1. The van der Waals surface area contributed by atoms with E-state index in [2.05, 4.69) is 27.3 Å². The molecule has 2 aromatic rings. The van der Waals surface area contributed by atoms with Crippen LogP contribution in [0.15, 0.2) is 47.4 Å². The van der Waals surface area contributed by atoms with Gasteiger partial charge in [-0.3, -0.25) is 4.72 Å². The van der Waals surface area contributed by atoms with Crippen molar-refractivity contribution in [2.75, 3.05) is 4.72 Å². The van der Waals surface area contributed by atoms with Gasteiger partial charge in [0.1, 0.15) is 5.82 Å². The fourth-order valence-electron chi connectivity index (χ4n) is 1.50. The van der Waals surface area contributed by atoms with Gasteiger partial charge in [-0.25, -0.2) is 12.8 Å². The second-order valence-corrected chi connectivity index (χ2v) is 6.87. The highest BCUT2D eigenvalue weighted by Gasteiger charge is 2.15. The first-order valence-corrected chi connectivity index (χ1v) is 7.99. The summed E-state index contributed by atoms with van der Waals surface area (Å²) in [5, 5.41) is 0. The van der Waals surface area contributed by atoms with E-state index in [1.807, 2.05) is 13.0 Å². The van der Waals surface area contributed by atoms with Crippen LogP contribution in [0.2, 0.25) is 0 Å². The van der Waals surface area contributed by atoms with Crippen molar-refractivity contribution in [2.45, 2.75) is 11.8 Å². The van der Waals surface area contributed by atoms with Gasteiger partial charge in [-0.1, -0.05) is 12.1 Å². The van der Waals surface area contributed by atoms with E-state index in [4.69, 9.17) is 0 Å². The third kappa shape index (κ3) is 3.44. The predicted octanol–water partition coefficient (Wildman–Crippen LogP) is 3.54. The van der Waals surface area contributed by atoms with E-state index in [-0.39, 0.29) is 4.90 Å². The van der Waals surface area contributed by atoms with E-state index in [0.717, 1.165) is 15.2 Å². The summed E-state index contributed by atoms with van der Waals surface area (Å²) >= 11 is 2.13. The van der Waals surface area contributed by atoms with Gasteiger partial charge in [0.2, 0.25) is 0 Å². The lowest BCUT2D eigenvalue weighted by Gasteiger charge is -2.09. The van der Waals surface area contributed by atoms with Crippen molar-refractivity contribution in [1.29, 1.82) is 0 Å². The molecule has 0 atom stereocenters. The zero-order valence-corrected chi connectivity index (χ0v) is 13.0. The van der Waals surface area contributed by atoms with Crippen LogP contribution in [-0.2, 0) is 10.0 Å². The van der Waals surface area contributed by atoms with Gasteiger partial charge >= 0.3 is 0 Å². The van der Waals surface area contributed by atoms with Gasteiger partial charge in [-0.2, -0.15) is 0 Å². The number of nitrogens with one attached hydrogen (secondary N) is 1. The van der Waals surface area contributed by atoms with E-state index in [1.54, 1.807) is 12.1 Å². The van der Waals surface area contributed by atoms with Crippen LogP contribution in [-0.4, -0.2) is 8.42 Å². The number of hydrogen-bond acceptors (Lipinski definition) is 2. The number of aryl methyl sites for hydroxylation is 1. The topological polar surface area (TPSA) is 46.2 Å². The number of halogens is 2. The molecule has 0 aromatic heterocycles. The molecule has 0 spiro atoms. The van der Waals surface area contributed by atoms with Crippen molar-refractivity contribution in [2.24, 2.45) is 0 Å². The third-order valence-electron chi connectivity index (χ3n) is 2.53. The van der Waals surface area contributed by atoms with Crippen molar-refractivity contribution in [3.05, 3.63) is 57.4 Å². The van der Waals surface area contributed by atoms with Gasteiger partial charge in [0.05, 0.1) is 4.90 Å². The molecule has 0 saturated carbocycles. The summed E-state index contributed by atoms with van der Waals surface area (Å²) in [5.41, 5.74) is 1.52. The minimum absolute atomic E-state index is 0.0944. The molecule has 0 heterocycles. The van der Waals surface area contributed by atoms with Crippen LogP contribution in [0.25, 0.3) is 0 Å². The van der Waals surface area contributed by atoms with Crippen LogP contribution in [0, 0.1) is 16.3 Å². The van der Waals surface area contributed by atoms with Crippen molar-refractivity contribution < 1.29 is 12.8 Å². The molecule has 0 bridgehead atoms. The monoisotopic (exact) mass is 391 g/mol. The first-order valence-electron chi connectivity index (χ1n) is 5.43. The van der Waals surface area contributed by atoms with E-state index in [0.29, 0.717) is 5.69 Å². The Morgan fingerprint density at radius 3 is 2.53 bits per heavy atom. The van der Waals surface area contributed by atoms with Crippen molar-refractivity contribution in [1.82, 2.24) is 0 Å². The molecule has 0 radical (unpaired) electrons. The molecule has 6 heteroatoms. The fourth-order valence-corrected chi connectivity index (χ4v) is 3.10. The van der Waals surface area contributed by atoms with Crippen molar-refractivity contribution >= 4 is 38.3 Å². The van der Waals surface area contributed by atoms with E-state index in [9.17, 15) is 12.8 Å². The van der Waals surface area contributed by atoms with E-state index < -0.39 is 15.8 Å². The second-order valence-electron chi connectivity index (χ2n) is 4.03. The molecule has 19 heavy (non-hydrogen) atoms. The van der Waals surface area contributed by atoms with Crippen LogP contribution in [0.5, 0.6) is 0 Å². The summed E-state index contributed by atoms with van der Waals surface area (Å²) in [6.07, 6.45) is 0. The number of anilines is 1. The number of sulfonamides is 1. The van der Waals surface area contributed by atoms with Gasteiger partial charge in [0, 0.05) is 9.26 Å². The molecule has 2 aromatic carbocycles. The Morgan fingerprint density at radius 2 is 1.89 bits per heavy atom. The number of benzene rings is 2. The highest BCUT2D eigenvalue weighted by atomic mass is 127. The quantitative estimate of drug-likeness (QED) is 0.814. The first kappa shape index (κ1) is 14.3. The SMILES string of the molecule is Cc1ccc(NS(=O)(=O)c2cccc(F)c2)cc1I. The van der Waals surface area contributed by atoms with Crippen LogP contribution in [0.1, 0.15) is 5.56 Å². The highest BCUT2D eigenvalue weighted by molar-refractivity contribution is 14.1. The Kier molecular flexibility index (Phi) is 4.10. The van der Waals surface area contributed by atoms with E-state index >= 15 is 0 Å². The Hall–Kier alpha value is -1.15. The summed E-state index contributed by atoms with van der Waals surface area (Å²) in [6.45, 7) is 1.94. The summed E-state index contributed by atoms with van der Waals surface area (Å²) < 4.78 is 40.6. The highest BCUT2D eigenvalue weighted by Crippen LogP contribution is 2.20. The zero-order chi connectivity index (χ0) is 14.0. The second kappa shape index (κ2) is 5.46. The van der Waals surface area contributed by atoms with Crippen molar-refractivity contribution in [3.63, 3.8) is 0 Å². The van der Waals surface area contributed by atoms with Gasteiger partial charge in [0.25, 0.3) is 10.0 Å². The lowest BCUT2D eigenvalue weighted by Crippen LogP contribution is -2.13. The number of rotatable bonds is 3. The first-order chi connectivity index (χ1) is 8.88. The van der Waals surface area contributed by atoms with E-state index in [1.165, 1.54) is 18.2 Å². The molecule has 3 nitrogen and oxygen atoms in total. The van der Waals surface area contributed by atoms with Crippen LogP contribution >= 0.6 is 22.6 Å². The fraction of sp³-hybridized carbons (Fsp3) is 0.0769. The predicted molar refractivity (Wildman–Crippen MR) is 81.1 cm³/mol. The standard InChI is InChI=1S/C13H11FINO2S/c1-9-5-6-11(8-13(9)15)16-19(17,18)12-4-2-3-10(14)7-12/h2-8,16H,1H3. The molecular weight excluding hydrogens is 380 g/mol. The molecule has 0 aliphatic rings. The molecule has 0 aliphatic heterocycles. The maximum Gasteiger partial charge on any atom is 0.261 e. The van der Waals surface area contributed by atoms with Gasteiger partial charge in [-0.05, 0) is 65.4 Å². The average Bonchev–Trinajstić information content (AvgIpc) is 2.33. The normalized spacial score (nSPS) is 11.3. The van der Waals surface area contributed by atoms with Gasteiger partial charge in [-0.15, -0.1) is 0 Å². The molecule has 1 N–H and O–H groups in total. The number of hydrogen-bond donors (Lipinski definition) is 1. The van der Waals surface area contributed by atoms with Crippen LogP contribution in [0.4, 0.5) is 10.1 Å². The minimum atomic E-state index is -3.76.